The third kappa shape index (κ3) is 4.06. The Morgan fingerprint density at radius 3 is 2.41 bits per heavy atom. The maximum absolute atomic E-state index is 13.8. The van der Waals surface area contributed by atoms with Crippen molar-refractivity contribution in [2.75, 3.05) is 24.6 Å². The summed E-state index contributed by atoms with van der Waals surface area (Å²) in [5.74, 6) is -0.885. The lowest BCUT2D eigenvalue weighted by atomic mass is 9.98. The molecule has 1 aromatic carbocycles. The van der Waals surface area contributed by atoms with Gasteiger partial charge in [-0.15, -0.1) is 0 Å². The zero-order valence-electron chi connectivity index (χ0n) is 16.9. The fraction of sp³-hybridized carbons (Fsp3) is 0.696. The number of fused-ring (bicyclic) bond motifs is 3. The third-order valence-electron chi connectivity index (χ3n) is 7.23. The molecule has 1 amide bonds. The van der Waals surface area contributed by atoms with Crippen molar-refractivity contribution in [2.45, 2.75) is 76.0 Å². The molecule has 1 aliphatic carbocycles. The SMILES string of the molecule is O=C1CCc2cc(F)c(F)cc2N1CCCN1C2CCC1CC(OCC1CC1)C2. The van der Waals surface area contributed by atoms with Crippen LogP contribution in [0.25, 0.3) is 0 Å². The second-order valence-corrected chi connectivity index (χ2v) is 9.29. The minimum absolute atomic E-state index is 0.0127. The molecule has 3 aliphatic heterocycles. The number of carbonyl (C=O) groups excluding carboxylic acids is 1. The van der Waals surface area contributed by atoms with Crippen LogP contribution in [0.15, 0.2) is 12.1 Å². The van der Waals surface area contributed by atoms with E-state index >= 15 is 0 Å². The highest BCUT2D eigenvalue weighted by atomic mass is 19.2. The number of amides is 1. The van der Waals surface area contributed by atoms with Gasteiger partial charge < -0.3 is 9.64 Å². The van der Waals surface area contributed by atoms with E-state index in [9.17, 15) is 13.6 Å². The largest absolute Gasteiger partial charge is 0.378 e. The molecule has 2 atom stereocenters. The predicted octanol–water partition coefficient (Wildman–Crippen LogP) is 4.06. The maximum Gasteiger partial charge on any atom is 0.227 e. The quantitative estimate of drug-likeness (QED) is 0.687. The summed E-state index contributed by atoms with van der Waals surface area (Å²) < 4.78 is 33.5. The molecule has 1 saturated carbocycles. The molecule has 6 heteroatoms. The van der Waals surface area contributed by atoms with Gasteiger partial charge in [-0.25, -0.2) is 8.78 Å². The fourth-order valence-corrected chi connectivity index (χ4v) is 5.48. The maximum atomic E-state index is 13.8. The van der Waals surface area contributed by atoms with Crippen LogP contribution in [0.5, 0.6) is 0 Å². The van der Waals surface area contributed by atoms with E-state index in [4.69, 9.17) is 4.74 Å². The molecule has 4 aliphatic rings. The molecular formula is C23H30F2N2O2. The standard InChI is InChI=1S/C23H30F2N2O2/c24-20-10-16-4-7-23(28)27(22(16)13-21(20)25)9-1-8-26-17-5-6-18(26)12-19(11-17)29-14-15-2-3-15/h10,13,15,17-19H,1-9,11-12,14H2. The Labute approximate surface area is 171 Å². The number of aryl methyl sites for hydroxylation is 1. The molecular weight excluding hydrogens is 374 g/mol. The van der Waals surface area contributed by atoms with Crippen LogP contribution in [-0.4, -0.2) is 48.7 Å². The smallest absolute Gasteiger partial charge is 0.227 e. The van der Waals surface area contributed by atoms with Crippen molar-refractivity contribution < 1.29 is 18.3 Å². The first-order chi connectivity index (χ1) is 14.1. The first-order valence-corrected chi connectivity index (χ1v) is 11.2. The van der Waals surface area contributed by atoms with Crippen LogP contribution in [0.3, 0.4) is 0 Å². The van der Waals surface area contributed by atoms with E-state index in [0.717, 1.165) is 43.9 Å². The Balaban J connectivity index is 1.17. The molecule has 5 rings (SSSR count). The Morgan fingerprint density at radius 1 is 0.966 bits per heavy atom. The van der Waals surface area contributed by atoms with E-state index in [-0.39, 0.29) is 5.91 Å². The van der Waals surface area contributed by atoms with Gasteiger partial charge in [0.2, 0.25) is 5.91 Å². The summed E-state index contributed by atoms with van der Waals surface area (Å²) in [6.45, 7) is 2.46. The van der Waals surface area contributed by atoms with Gasteiger partial charge in [-0.1, -0.05) is 0 Å². The van der Waals surface area contributed by atoms with E-state index in [1.165, 1.54) is 37.8 Å². The van der Waals surface area contributed by atoms with Gasteiger partial charge in [-0.05, 0) is 68.9 Å². The van der Waals surface area contributed by atoms with Crippen LogP contribution in [0.2, 0.25) is 0 Å². The molecule has 158 valence electrons. The second-order valence-electron chi connectivity index (χ2n) is 9.29. The molecule has 2 saturated heterocycles. The topological polar surface area (TPSA) is 32.8 Å². The molecule has 0 radical (unpaired) electrons. The summed E-state index contributed by atoms with van der Waals surface area (Å²) in [6, 6.07) is 3.62. The van der Waals surface area contributed by atoms with Gasteiger partial charge in [-0.3, -0.25) is 9.69 Å². The Kier molecular flexibility index (Phi) is 5.33. The second kappa shape index (κ2) is 7.95. The molecule has 4 nitrogen and oxygen atoms in total. The van der Waals surface area contributed by atoms with Gasteiger partial charge in [0.15, 0.2) is 11.6 Å². The van der Waals surface area contributed by atoms with Crippen LogP contribution in [0, 0.1) is 17.6 Å². The molecule has 1 aromatic rings. The van der Waals surface area contributed by atoms with Crippen molar-refractivity contribution in [1.29, 1.82) is 0 Å². The van der Waals surface area contributed by atoms with Gasteiger partial charge >= 0.3 is 0 Å². The molecule has 0 spiro atoms. The summed E-state index contributed by atoms with van der Waals surface area (Å²) >= 11 is 0. The summed E-state index contributed by atoms with van der Waals surface area (Å²) in [5, 5.41) is 0. The zero-order chi connectivity index (χ0) is 20.0. The van der Waals surface area contributed by atoms with Crippen LogP contribution >= 0.6 is 0 Å². The van der Waals surface area contributed by atoms with E-state index in [1.807, 2.05) is 0 Å². The zero-order valence-corrected chi connectivity index (χ0v) is 16.9. The average Bonchev–Trinajstić information content (AvgIpc) is 3.49. The van der Waals surface area contributed by atoms with Crippen LogP contribution in [0.4, 0.5) is 14.5 Å². The number of anilines is 1. The summed E-state index contributed by atoms with van der Waals surface area (Å²) in [6.07, 6.45) is 9.52. The number of hydrogen-bond acceptors (Lipinski definition) is 3. The van der Waals surface area contributed by atoms with Gasteiger partial charge in [-0.2, -0.15) is 0 Å². The van der Waals surface area contributed by atoms with Gasteiger partial charge in [0, 0.05) is 50.0 Å². The van der Waals surface area contributed by atoms with Crippen molar-refractivity contribution in [3.05, 3.63) is 29.3 Å². The highest BCUT2D eigenvalue weighted by Crippen LogP contribution is 2.38. The minimum atomic E-state index is -0.880. The molecule has 3 fully saturated rings. The first-order valence-electron chi connectivity index (χ1n) is 11.2. The summed E-state index contributed by atoms with van der Waals surface area (Å²) in [7, 11) is 0. The molecule has 0 N–H and O–H groups in total. The van der Waals surface area contributed by atoms with Crippen LogP contribution in [-0.2, 0) is 16.0 Å². The van der Waals surface area contributed by atoms with Gasteiger partial charge in [0.05, 0.1) is 6.10 Å². The van der Waals surface area contributed by atoms with Gasteiger partial charge in [0.25, 0.3) is 0 Å². The Morgan fingerprint density at radius 2 is 1.69 bits per heavy atom. The number of rotatable bonds is 7. The molecule has 29 heavy (non-hydrogen) atoms. The predicted molar refractivity (Wildman–Crippen MR) is 107 cm³/mol. The Bertz CT molecular complexity index is 768. The number of halogens is 2. The van der Waals surface area contributed by atoms with Gasteiger partial charge in [0.1, 0.15) is 0 Å². The fourth-order valence-electron chi connectivity index (χ4n) is 5.48. The number of benzene rings is 1. The average molecular weight is 405 g/mol. The number of ether oxygens (including phenoxy) is 1. The lowest BCUT2D eigenvalue weighted by Gasteiger charge is -2.39. The number of hydrogen-bond donors (Lipinski definition) is 0. The van der Waals surface area contributed by atoms with E-state index in [1.54, 1.807) is 4.90 Å². The lowest BCUT2D eigenvalue weighted by Crippen LogP contribution is -2.46. The third-order valence-corrected chi connectivity index (χ3v) is 7.23. The molecule has 2 unspecified atom stereocenters. The van der Waals surface area contributed by atoms with E-state index < -0.39 is 11.6 Å². The van der Waals surface area contributed by atoms with Crippen LogP contribution in [0.1, 0.15) is 56.9 Å². The van der Waals surface area contributed by atoms with Crippen molar-refractivity contribution in [3.8, 4) is 0 Å². The molecule has 0 aromatic heterocycles. The van der Waals surface area contributed by atoms with Crippen molar-refractivity contribution in [2.24, 2.45) is 5.92 Å². The van der Waals surface area contributed by atoms with Crippen molar-refractivity contribution >= 4 is 11.6 Å². The van der Waals surface area contributed by atoms with Crippen LogP contribution < -0.4 is 4.90 Å². The highest BCUT2D eigenvalue weighted by Gasteiger charge is 2.41. The normalized spacial score (nSPS) is 29.4. The van der Waals surface area contributed by atoms with E-state index in [0.29, 0.717) is 43.3 Å². The number of nitrogens with zero attached hydrogens (tertiary/aromatic N) is 2. The monoisotopic (exact) mass is 404 g/mol. The highest BCUT2D eigenvalue weighted by molar-refractivity contribution is 5.96. The summed E-state index contributed by atoms with van der Waals surface area (Å²) in [4.78, 5) is 16.7. The minimum Gasteiger partial charge on any atom is -0.378 e. The number of carbonyl (C=O) groups is 1. The summed E-state index contributed by atoms with van der Waals surface area (Å²) in [5.41, 5.74) is 1.28. The molecule has 3 heterocycles. The van der Waals surface area contributed by atoms with Crippen molar-refractivity contribution in [1.82, 2.24) is 4.90 Å². The first kappa shape index (κ1) is 19.4. The Hall–Kier alpha value is -1.53. The van der Waals surface area contributed by atoms with Crippen molar-refractivity contribution in [3.63, 3.8) is 0 Å². The molecule has 2 bridgehead atoms. The number of piperidine rings is 1. The van der Waals surface area contributed by atoms with E-state index in [2.05, 4.69) is 4.90 Å². The lowest BCUT2D eigenvalue weighted by molar-refractivity contribution is -0.118.